The van der Waals surface area contributed by atoms with Crippen molar-refractivity contribution in [3.05, 3.63) is 4.91 Å². The van der Waals surface area contributed by atoms with Gasteiger partial charge in [0.2, 0.25) is 0 Å². The van der Waals surface area contributed by atoms with E-state index in [-0.39, 0.29) is 24.9 Å². The van der Waals surface area contributed by atoms with E-state index in [1.807, 2.05) is 21.2 Å². The fraction of sp³-hybridized carbons (Fsp3) is 0.692. The summed E-state index contributed by atoms with van der Waals surface area (Å²) in [5, 5.41) is 5.14. The SMILES string of the molecule is B#[S-](I)OC1C(C)C(N2CC(C)C(=O)NC2=O)OC1(C#C)CN=O. The van der Waals surface area contributed by atoms with E-state index in [1.165, 1.54) is 4.90 Å². The predicted octanol–water partition coefficient (Wildman–Crippen LogP) is 0.657. The topological polar surface area (TPSA) is 97.3 Å². The van der Waals surface area contributed by atoms with Crippen LogP contribution in [-0.2, 0) is 21.3 Å². The Morgan fingerprint density at radius 3 is 2.83 bits per heavy atom. The average Bonchev–Trinajstić information content (AvgIpc) is 2.77. The van der Waals surface area contributed by atoms with Gasteiger partial charge >= 0.3 is 155 Å². The summed E-state index contributed by atoms with van der Waals surface area (Å²) in [6, 6.07) is -0.568. The number of nitroso groups, excluding NO2 is 1. The summed E-state index contributed by atoms with van der Waals surface area (Å²) < 4.78 is 11.6. The van der Waals surface area contributed by atoms with E-state index in [2.05, 4.69) is 16.4 Å². The maximum absolute atomic E-state index is 12.2. The van der Waals surface area contributed by atoms with Crippen LogP contribution in [0.1, 0.15) is 13.8 Å². The van der Waals surface area contributed by atoms with Gasteiger partial charge in [0.15, 0.2) is 0 Å². The molecule has 2 heterocycles. The van der Waals surface area contributed by atoms with Crippen molar-refractivity contribution in [2.45, 2.75) is 31.8 Å². The van der Waals surface area contributed by atoms with Crippen LogP contribution in [0, 0.1) is 29.1 Å². The van der Waals surface area contributed by atoms with E-state index in [0.29, 0.717) is 0 Å². The van der Waals surface area contributed by atoms with Crippen LogP contribution in [0.4, 0.5) is 4.79 Å². The average molecular weight is 464 g/mol. The Kier molecular flexibility index (Phi) is 6.16. The van der Waals surface area contributed by atoms with Crippen LogP contribution in [0.15, 0.2) is 5.18 Å². The molecule has 1 N–H and O–H groups in total. The molecule has 2 aliphatic heterocycles. The number of nitrogens with one attached hydrogen (secondary N) is 1. The van der Waals surface area contributed by atoms with Gasteiger partial charge in [-0.2, -0.15) is 0 Å². The van der Waals surface area contributed by atoms with Crippen molar-refractivity contribution in [3.63, 3.8) is 0 Å². The van der Waals surface area contributed by atoms with Crippen molar-refractivity contribution in [2.75, 3.05) is 13.1 Å². The van der Waals surface area contributed by atoms with Crippen molar-refractivity contribution in [1.82, 2.24) is 10.2 Å². The first-order valence-electron chi connectivity index (χ1n) is 7.14. The van der Waals surface area contributed by atoms with Gasteiger partial charge in [-0.1, -0.05) is 0 Å². The summed E-state index contributed by atoms with van der Waals surface area (Å²) in [6.07, 6.45) is 4.12. The van der Waals surface area contributed by atoms with E-state index >= 15 is 0 Å². The molecule has 0 spiro atoms. The normalized spacial score (nSPS) is 36.6. The molecular formula is C13H16BIN3O5S-. The molecule has 0 saturated carbocycles. The second-order valence-corrected chi connectivity index (χ2v) is 9.09. The zero-order valence-electron chi connectivity index (χ0n) is 13.1. The molecule has 2 saturated heterocycles. The van der Waals surface area contributed by atoms with Crippen LogP contribution in [-0.4, -0.2) is 54.4 Å². The zero-order valence-corrected chi connectivity index (χ0v) is 16.1. The molecule has 0 radical (unpaired) electrons. The molecule has 0 aliphatic carbocycles. The molecule has 0 bridgehead atoms. The van der Waals surface area contributed by atoms with Crippen LogP contribution in [0.5, 0.6) is 0 Å². The molecule has 0 aromatic carbocycles. The molecule has 8 nitrogen and oxygen atoms in total. The van der Waals surface area contributed by atoms with Gasteiger partial charge < -0.3 is 0 Å². The molecule has 0 aromatic heterocycles. The number of carbonyl (C=O) groups excluding carboxylic acids is 2. The van der Waals surface area contributed by atoms with Crippen LogP contribution in [0.3, 0.4) is 0 Å². The van der Waals surface area contributed by atoms with E-state index in [0.717, 1.165) is 0 Å². The monoisotopic (exact) mass is 464 g/mol. The van der Waals surface area contributed by atoms with Crippen molar-refractivity contribution in [1.29, 1.82) is 0 Å². The summed E-state index contributed by atoms with van der Waals surface area (Å²) in [4.78, 5) is 36.0. The molecular weight excluding hydrogens is 448 g/mol. The van der Waals surface area contributed by atoms with Gasteiger partial charge in [0.05, 0.1) is 0 Å². The maximum atomic E-state index is 12.2. The number of rotatable bonds is 4. The third-order valence-corrected chi connectivity index (χ3v) is 5.19. The molecule has 2 rings (SSSR count). The Hall–Kier alpha value is -0.835. The van der Waals surface area contributed by atoms with E-state index in [4.69, 9.17) is 21.9 Å². The predicted molar refractivity (Wildman–Crippen MR) is 97.7 cm³/mol. The van der Waals surface area contributed by atoms with E-state index in [1.54, 1.807) is 13.8 Å². The third-order valence-electron chi connectivity index (χ3n) is 4.17. The van der Waals surface area contributed by atoms with Gasteiger partial charge in [-0.3, -0.25) is 0 Å². The van der Waals surface area contributed by atoms with Crippen LogP contribution in [0.2, 0.25) is 0 Å². The van der Waals surface area contributed by atoms with Gasteiger partial charge in [0.25, 0.3) is 0 Å². The first-order valence-corrected chi connectivity index (χ1v) is 10.9. The first-order chi connectivity index (χ1) is 11.3. The minimum atomic E-state index is -1.41. The number of carbonyl (C=O) groups is 2. The second-order valence-electron chi connectivity index (χ2n) is 5.80. The van der Waals surface area contributed by atoms with Gasteiger partial charge in [0, 0.05) is 0 Å². The molecule has 5 atom stereocenters. The van der Waals surface area contributed by atoms with E-state index < -0.39 is 37.5 Å². The number of hydrogen-bond acceptors (Lipinski definition) is 7. The summed E-state index contributed by atoms with van der Waals surface area (Å²) in [6.45, 7) is 9.06. The Balaban J connectivity index is 2.34. The summed E-state index contributed by atoms with van der Waals surface area (Å²) >= 11 is 1.89. The number of halogens is 1. The summed E-state index contributed by atoms with van der Waals surface area (Å²) in [5.41, 5.74) is -1.41. The molecule has 2 fully saturated rings. The van der Waals surface area contributed by atoms with E-state index in [9.17, 15) is 14.5 Å². The Labute approximate surface area is 155 Å². The molecule has 3 amide bonds. The third kappa shape index (κ3) is 3.56. The van der Waals surface area contributed by atoms with Gasteiger partial charge in [0.1, 0.15) is 0 Å². The number of imide groups is 1. The quantitative estimate of drug-likeness (QED) is 0.217. The molecule has 0 aromatic rings. The molecule has 2 aliphatic rings. The fourth-order valence-electron chi connectivity index (χ4n) is 2.94. The Morgan fingerprint density at radius 1 is 1.62 bits per heavy atom. The molecule has 5 unspecified atom stereocenters. The summed E-state index contributed by atoms with van der Waals surface area (Å²) in [7, 11) is -0.942. The number of ether oxygens (including phenoxy) is 1. The standard InChI is InChI=1S/C13H16BIN3O5S/c1-4-13(6-16-21)9(23-24(14)15)8(3)11(22-13)18-5-7(2)10(19)17-12(18)20/h1,7-9,11H,5-6H2,2-3H3,(H,17,19,20)/q-1. The first kappa shape index (κ1) is 19.5. The van der Waals surface area contributed by atoms with Crippen molar-refractivity contribution >= 4 is 47.3 Å². The van der Waals surface area contributed by atoms with Gasteiger partial charge in [-0.15, -0.1) is 0 Å². The number of urea groups is 1. The number of amides is 3. The minimum absolute atomic E-state index is 0.181. The van der Waals surface area contributed by atoms with Crippen molar-refractivity contribution in [2.24, 2.45) is 17.0 Å². The Morgan fingerprint density at radius 2 is 2.29 bits per heavy atom. The van der Waals surface area contributed by atoms with Gasteiger partial charge in [-0.25, -0.2) is 0 Å². The second kappa shape index (κ2) is 7.59. The van der Waals surface area contributed by atoms with Gasteiger partial charge in [-0.05, 0) is 0 Å². The zero-order chi connectivity index (χ0) is 18.1. The number of nitrogens with zero attached hydrogens (tertiary/aromatic N) is 2. The summed E-state index contributed by atoms with van der Waals surface area (Å²) in [5.74, 6) is 1.34. The van der Waals surface area contributed by atoms with Crippen LogP contribution < -0.4 is 5.32 Å². The fourth-order valence-corrected chi connectivity index (χ4v) is 4.14. The number of terminal acetylenes is 1. The Bertz CT molecular complexity index is 677. The molecule has 11 heteroatoms. The molecule has 130 valence electrons. The van der Waals surface area contributed by atoms with Crippen LogP contribution >= 0.6 is 21.2 Å². The molecule has 24 heavy (non-hydrogen) atoms. The van der Waals surface area contributed by atoms with Crippen molar-refractivity contribution < 1.29 is 18.5 Å². The van der Waals surface area contributed by atoms with Crippen LogP contribution in [0.25, 0.3) is 0 Å². The van der Waals surface area contributed by atoms with Crippen molar-refractivity contribution in [3.8, 4) is 12.3 Å². The number of hydrogen-bond donors (Lipinski definition) is 1.